The highest BCUT2D eigenvalue weighted by Crippen LogP contribution is 2.31. The summed E-state index contributed by atoms with van der Waals surface area (Å²) in [5, 5.41) is 2.90. The van der Waals surface area contributed by atoms with Crippen molar-refractivity contribution in [1.82, 2.24) is 4.90 Å². The van der Waals surface area contributed by atoms with Crippen molar-refractivity contribution in [1.29, 1.82) is 0 Å². The lowest BCUT2D eigenvalue weighted by molar-refractivity contribution is -0.137. The number of hydrogen-bond donors (Lipinski definition) is 1. The molecule has 1 N–H and O–H groups in total. The van der Waals surface area contributed by atoms with Gasteiger partial charge in [-0.1, -0.05) is 37.3 Å². The van der Waals surface area contributed by atoms with Crippen LogP contribution in [0.1, 0.15) is 37.0 Å². The molecule has 192 valence electrons. The Balaban J connectivity index is 1.73. The third kappa shape index (κ3) is 7.00. The quantitative estimate of drug-likeness (QED) is 0.339. The molecule has 3 rings (SSSR count). The maximum atomic E-state index is 13.0. The first kappa shape index (κ1) is 27.1. The minimum atomic E-state index is -4.68. The van der Waals surface area contributed by atoms with Crippen molar-refractivity contribution in [2.45, 2.75) is 50.9 Å². The predicted molar refractivity (Wildman–Crippen MR) is 131 cm³/mol. The highest BCUT2D eigenvalue weighted by Gasteiger charge is 2.32. The van der Waals surface area contributed by atoms with Crippen LogP contribution in [0.15, 0.2) is 77.7 Å². The van der Waals surface area contributed by atoms with Gasteiger partial charge >= 0.3 is 22.3 Å². The van der Waals surface area contributed by atoms with Crippen molar-refractivity contribution in [3.63, 3.8) is 0 Å². The zero-order valence-corrected chi connectivity index (χ0v) is 20.9. The Bertz CT molecular complexity index is 1310. The maximum absolute atomic E-state index is 13.0. The summed E-state index contributed by atoms with van der Waals surface area (Å²) in [6.07, 6.45) is -3.96. The van der Waals surface area contributed by atoms with Gasteiger partial charge in [-0.3, -0.25) is 0 Å². The van der Waals surface area contributed by atoms with Crippen LogP contribution in [-0.4, -0.2) is 25.4 Å². The molecule has 10 heteroatoms. The molecule has 0 saturated heterocycles. The third-order valence-electron chi connectivity index (χ3n) is 5.59. The second kappa shape index (κ2) is 11.0. The third-order valence-corrected chi connectivity index (χ3v) is 6.83. The van der Waals surface area contributed by atoms with Crippen LogP contribution in [0.4, 0.5) is 23.7 Å². The lowest BCUT2D eigenvalue weighted by Gasteiger charge is -2.29. The molecule has 0 saturated carbocycles. The van der Waals surface area contributed by atoms with E-state index in [0.29, 0.717) is 11.8 Å². The van der Waals surface area contributed by atoms with E-state index in [1.54, 1.807) is 23.1 Å². The Morgan fingerprint density at radius 1 is 1.03 bits per heavy atom. The van der Waals surface area contributed by atoms with Gasteiger partial charge in [0.05, 0.1) is 5.56 Å². The van der Waals surface area contributed by atoms with E-state index in [1.807, 2.05) is 39.0 Å². The van der Waals surface area contributed by atoms with Crippen molar-refractivity contribution >= 4 is 21.8 Å². The first-order chi connectivity index (χ1) is 16.9. The van der Waals surface area contributed by atoms with Crippen molar-refractivity contribution in [2.75, 3.05) is 5.32 Å². The Hall–Kier alpha value is -3.53. The zero-order chi connectivity index (χ0) is 26.5. The molecule has 6 nitrogen and oxygen atoms in total. The summed E-state index contributed by atoms with van der Waals surface area (Å²) in [4.78, 5) is 14.0. The number of hydrogen-bond acceptors (Lipinski definition) is 4. The molecule has 0 aliphatic carbocycles. The maximum Gasteiger partial charge on any atom is 0.416 e. The minimum absolute atomic E-state index is 0.0598. The van der Waals surface area contributed by atoms with E-state index in [9.17, 15) is 26.4 Å². The van der Waals surface area contributed by atoms with E-state index in [2.05, 4.69) is 5.32 Å². The predicted octanol–water partition coefficient (Wildman–Crippen LogP) is 6.61. The molecule has 0 aliphatic rings. The van der Waals surface area contributed by atoms with E-state index in [1.165, 1.54) is 12.1 Å². The van der Waals surface area contributed by atoms with Gasteiger partial charge < -0.3 is 14.4 Å². The Morgan fingerprint density at radius 3 is 2.31 bits per heavy atom. The van der Waals surface area contributed by atoms with Gasteiger partial charge in [-0.15, -0.1) is 0 Å². The van der Waals surface area contributed by atoms with E-state index in [4.69, 9.17) is 4.18 Å². The number of amides is 2. The number of halogens is 3. The number of carbonyl (C=O) groups excluding carboxylic acids is 1. The smallest absolute Gasteiger partial charge is 0.379 e. The first-order valence-corrected chi connectivity index (χ1v) is 12.6. The van der Waals surface area contributed by atoms with Crippen LogP contribution in [0.3, 0.4) is 0 Å². The van der Waals surface area contributed by atoms with Crippen LogP contribution in [-0.2, 0) is 22.8 Å². The van der Waals surface area contributed by atoms with Gasteiger partial charge in [0.15, 0.2) is 0 Å². The van der Waals surface area contributed by atoms with E-state index >= 15 is 0 Å². The second-order valence-electron chi connectivity index (χ2n) is 8.39. The SMILES string of the molecule is CCC(C)N(Cc1ccc(OS(=O)(=O)c2cccc(C(F)(F)F)c2)cc1)C(=O)Nc1cccc(C)c1. The van der Waals surface area contributed by atoms with Gasteiger partial charge in [-0.05, 0) is 73.9 Å². The van der Waals surface area contributed by atoms with Crippen LogP contribution in [0.2, 0.25) is 0 Å². The van der Waals surface area contributed by atoms with Crippen LogP contribution >= 0.6 is 0 Å². The summed E-state index contributed by atoms with van der Waals surface area (Å²) in [5.74, 6) is -0.0598. The van der Waals surface area contributed by atoms with Gasteiger partial charge in [0.25, 0.3) is 0 Å². The molecule has 2 amide bonds. The molecule has 0 aliphatic heterocycles. The highest BCUT2D eigenvalue weighted by molar-refractivity contribution is 7.87. The van der Waals surface area contributed by atoms with Crippen LogP contribution < -0.4 is 9.50 Å². The number of anilines is 1. The zero-order valence-electron chi connectivity index (χ0n) is 20.0. The van der Waals surface area contributed by atoms with Gasteiger partial charge in [0.2, 0.25) is 0 Å². The summed E-state index contributed by atoms with van der Waals surface area (Å²) in [6, 6.07) is 16.5. The van der Waals surface area contributed by atoms with Gasteiger partial charge in [-0.25, -0.2) is 4.79 Å². The van der Waals surface area contributed by atoms with E-state index in [-0.39, 0.29) is 24.4 Å². The molecular formula is C26H27F3N2O4S. The number of nitrogens with one attached hydrogen (secondary N) is 1. The number of urea groups is 1. The normalized spacial score (nSPS) is 12.6. The number of alkyl halides is 3. The molecule has 1 unspecified atom stereocenters. The molecule has 3 aromatic carbocycles. The summed E-state index contributed by atoms with van der Waals surface area (Å²) < 4.78 is 68.9. The number of aryl methyl sites for hydroxylation is 1. The van der Waals surface area contributed by atoms with Gasteiger partial charge in [0.1, 0.15) is 10.6 Å². The Labute approximate surface area is 208 Å². The average Bonchev–Trinajstić information content (AvgIpc) is 2.82. The van der Waals surface area contributed by atoms with Crippen molar-refractivity contribution in [3.8, 4) is 5.75 Å². The van der Waals surface area contributed by atoms with Crippen molar-refractivity contribution in [3.05, 3.63) is 89.5 Å². The van der Waals surface area contributed by atoms with Gasteiger partial charge in [-0.2, -0.15) is 21.6 Å². The molecule has 0 aromatic heterocycles. The molecule has 0 heterocycles. The topological polar surface area (TPSA) is 75.7 Å². The Kier molecular flexibility index (Phi) is 8.29. The molecule has 3 aromatic rings. The fourth-order valence-corrected chi connectivity index (χ4v) is 4.39. The summed E-state index contributed by atoms with van der Waals surface area (Å²) in [7, 11) is -4.48. The molecule has 36 heavy (non-hydrogen) atoms. The lowest BCUT2D eigenvalue weighted by atomic mass is 10.1. The van der Waals surface area contributed by atoms with Crippen LogP contribution in [0.5, 0.6) is 5.75 Å². The number of carbonyl (C=O) groups is 1. The summed E-state index contributed by atoms with van der Waals surface area (Å²) in [5.41, 5.74) is 1.32. The standard InChI is InChI=1S/C26H27F3N2O4S/c1-4-19(3)31(25(32)30-22-9-5-7-18(2)15-22)17-20-11-13-23(14-12-20)35-36(33,34)24-10-6-8-21(16-24)26(27,28)29/h5-16,19H,4,17H2,1-3H3,(H,30,32). The second-order valence-corrected chi connectivity index (χ2v) is 9.94. The summed E-state index contributed by atoms with van der Waals surface area (Å²) in [6.45, 7) is 6.08. The fraction of sp³-hybridized carbons (Fsp3) is 0.269. The minimum Gasteiger partial charge on any atom is -0.379 e. The van der Waals surface area contributed by atoms with Gasteiger partial charge in [0, 0.05) is 18.3 Å². The van der Waals surface area contributed by atoms with E-state index in [0.717, 1.165) is 35.7 Å². The molecule has 0 fully saturated rings. The molecular weight excluding hydrogens is 493 g/mol. The number of benzene rings is 3. The fourth-order valence-electron chi connectivity index (χ4n) is 3.42. The highest BCUT2D eigenvalue weighted by atomic mass is 32.2. The average molecular weight is 521 g/mol. The van der Waals surface area contributed by atoms with E-state index < -0.39 is 26.8 Å². The molecule has 0 radical (unpaired) electrons. The first-order valence-electron chi connectivity index (χ1n) is 11.2. The summed E-state index contributed by atoms with van der Waals surface area (Å²) >= 11 is 0. The molecule has 0 spiro atoms. The van der Waals surface area contributed by atoms with Crippen molar-refractivity contribution in [2.24, 2.45) is 0 Å². The van der Waals surface area contributed by atoms with Crippen molar-refractivity contribution < 1.29 is 30.6 Å². The molecule has 1 atom stereocenters. The monoisotopic (exact) mass is 520 g/mol. The van der Waals surface area contributed by atoms with Crippen LogP contribution in [0, 0.1) is 6.92 Å². The van der Waals surface area contributed by atoms with Crippen LogP contribution in [0.25, 0.3) is 0 Å². The lowest BCUT2D eigenvalue weighted by Crippen LogP contribution is -2.40. The largest absolute Gasteiger partial charge is 0.416 e. The number of rotatable bonds is 8. The molecule has 0 bridgehead atoms. The Morgan fingerprint density at radius 2 is 1.69 bits per heavy atom. The number of nitrogens with zero attached hydrogens (tertiary/aromatic N) is 1.